The molecule has 0 saturated heterocycles. The van der Waals surface area contributed by atoms with Crippen LogP contribution in [0.1, 0.15) is 32.4 Å². The monoisotopic (exact) mass is 277 g/mol. The van der Waals surface area contributed by atoms with Crippen LogP contribution in [-0.2, 0) is 4.79 Å². The van der Waals surface area contributed by atoms with Crippen LogP contribution in [0.5, 0.6) is 5.75 Å². The molecule has 0 spiro atoms. The highest BCUT2D eigenvalue weighted by Crippen LogP contribution is 2.41. The van der Waals surface area contributed by atoms with Gasteiger partial charge in [0.1, 0.15) is 28.5 Å². The van der Waals surface area contributed by atoms with E-state index in [9.17, 15) is 9.90 Å². The Labute approximate surface area is 114 Å². The Bertz CT molecular complexity index is 679. The fraction of sp³-hybridized carbons (Fsp3) is 0.462. The van der Waals surface area contributed by atoms with Gasteiger partial charge in [-0.25, -0.2) is 4.63 Å². The number of aromatic nitrogens is 2. The molecule has 1 aliphatic heterocycles. The van der Waals surface area contributed by atoms with Crippen LogP contribution in [0.4, 0.5) is 0 Å². The second-order valence-electron chi connectivity index (χ2n) is 5.47. The zero-order chi connectivity index (χ0) is 14.5. The van der Waals surface area contributed by atoms with Gasteiger partial charge in [-0.15, -0.1) is 0 Å². The van der Waals surface area contributed by atoms with Crippen LogP contribution in [0, 0.1) is 0 Å². The molecule has 0 fully saturated rings. The zero-order valence-corrected chi connectivity index (χ0v) is 11.4. The van der Waals surface area contributed by atoms with Gasteiger partial charge in [-0.1, -0.05) is 0 Å². The highest BCUT2D eigenvalue weighted by atomic mass is 16.6. The van der Waals surface area contributed by atoms with Crippen molar-refractivity contribution >= 4 is 16.9 Å². The number of nitrogens with one attached hydrogen (secondary N) is 1. The van der Waals surface area contributed by atoms with Crippen molar-refractivity contribution in [1.82, 2.24) is 15.6 Å². The van der Waals surface area contributed by atoms with Gasteiger partial charge in [0, 0.05) is 18.6 Å². The molecule has 0 saturated carbocycles. The molecule has 3 rings (SSSR count). The summed E-state index contributed by atoms with van der Waals surface area (Å²) in [6, 6.07) is 2.84. The Kier molecular flexibility index (Phi) is 2.68. The van der Waals surface area contributed by atoms with Crippen LogP contribution < -0.4 is 10.1 Å². The molecule has 20 heavy (non-hydrogen) atoms. The Hall–Kier alpha value is -2.15. The van der Waals surface area contributed by atoms with Gasteiger partial charge in [0.25, 0.3) is 0 Å². The van der Waals surface area contributed by atoms with E-state index in [1.165, 1.54) is 6.92 Å². The number of carbonyl (C=O) groups is 1. The quantitative estimate of drug-likeness (QED) is 0.804. The molecule has 2 N–H and O–H groups in total. The fourth-order valence-electron chi connectivity index (χ4n) is 2.45. The second kappa shape index (κ2) is 4.17. The molecule has 1 aliphatic rings. The summed E-state index contributed by atoms with van der Waals surface area (Å²) in [5.41, 5.74) is 0.952. The number of aliphatic hydroxyl groups is 1. The van der Waals surface area contributed by atoms with Crippen molar-refractivity contribution in [3.63, 3.8) is 0 Å². The van der Waals surface area contributed by atoms with E-state index in [1.54, 1.807) is 26.0 Å². The maximum Gasteiger partial charge on any atom is 0.217 e. The number of hydrogen-bond acceptors (Lipinski definition) is 6. The number of benzene rings is 1. The van der Waals surface area contributed by atoms with Crippen molar-refractivity contribution < 1.29 is 19.3 Å². The molecule has 0 unspecified atom stereocenters. The van der Waals surface area contributed by atoms with Crippen molar-refractivity contribution in [3.8, 4) is 5.75 Å². The maximum absolute atomic E-state index is 11.4. The van der Waals surface area contributed by atoms with Gasteiger partial charge in [0.2, 0.25) is 5.91 Å². The summed E-state index contributed by atoms with van der Waals surface area (Å²) < 4.78 is 10.5. The van der Waals surface area contributed by atoms with E-state index in [4.69, 9.17) is 4.74 Å². The van der Waals surface area contributed by atoms with Crippen LogP contribution >= 0.6 is 0 Å². The molecular formula is C13H15N3O4. The first-order chi connectivity index (χ1) is 9.38. The average molecular weight is 277 g/mol. The first-order valence-electron chi connectivity index (χ1n) is 6.29. The third-order valence-electron chi connectivity index (χ3n) is 3.48. The number of carbonyl (C=O) groups excluding carboxylic acids is 1. The second-order valence-corrected chi connectivity index (χ2v) is 5.47. The van der Waals surface area contributed by atoms with Crippen LogP contribution in [0.25, 0.3) is 11.0 Å². The molecule has 106 valence electrons. The number of aliphatic hydroxyl groups excluding tert-OH is 1. The molecule has 1 amide bonds. The Balaban J connectivity index is 2.16. The highest BCUT2D eigenvalue weighted by Gasteiger charge is 2.43. The van der Waals surface area contributed by atoms with Crippen molar-refractivity contribution in [2.75, 3.05) is 0 Å². The zero-order valence-electron chi connectivity index (χ0n) is 11.4. The van der Waals surface area contributed by atoms with Gasteiger partial charge in [-0.2, -0.15) is 0 Å². The molecule has 7 heteroatoms. The number of nitrogens with zero attached hydrogens (tertiary/aromatic N) is 2. The van der Waals surface area contributed by atoms with Gasteiger partial charge >= 0.3 is 0 Å². The minimum Gasteiger partial charge on any atom is -0.485 e. The van der Waals surface area contributed by atoms with E-state index >= 15 is 0 Å². The van der Waals surface area contributed by atoms with Crippen LogP contribution in [0.15, 0.2) is 16.8 Å². The predicted octanol–water partition coefficient (Wildman–Crippen LogP) is 0.932. The van der Waals surface area contributed by atoms with Crippen LogP contribution in [-0.4, -0.2) is 33.0 Å². The largest absolute Gasteiger partial charge is 0.485 e. The Morgan fingerprint density at radius 1 is 1.35 bits per heavy atom. The lowest BCUT2D eigenvalue weighted by Gasteiger charge is -2.42. The average Bonchev–Trinajstić information content (AvgIpc) is 2.79. The number of rotatable bonds is 1. The normalized spacial score (nSPS) is 24.0. The smallest absolute Gasteiger partial charge is 0.217 e. The predicted molar refractivity (Wildman–Crippen MR) is 69.1 cm³/mol. The molecule has 2 atom stereocenters. The standard InChI is InChI=1S/C13H15N3O4/c1-6(17)14-11-7-4-8-9(16-20-15-8)5-10(7)19-13(2,3)12(11)18/h4-5,11-12,18H,1-3H3,(H,14,17)/t11-,12+/m1/s1. The van der Waals surface area contributed by atoms with E-state index < -0.39 is 17.7 Å². The summed E-state index contributed by atoms with van der Waals surface area (Å²) in [7, 11) is 0. The van der Waals surface area contributed by atoms with Gasteiger partial charge < -0.3 is 15.2 Å². The van der Waals surface area contributed by atoms with Gasteiger partial charge in [0.05, 0.1) is 6.04 Å². The van der Waals surface area contributed by atoms with E-state index in [0.717, 1.165) is 0 Å². The van der Waals surface area contributed by atoms with Crippen molar-refractivity contribution in [1.29, 1.82) is 0 Å². The summed E-state index contributed by atoms with van der Waals surface area (Å²) in [4.78, 5) is 11.4. The maximum atomic E-state index is 11.4. The minimum absolute atomic E-state index is 0.226. The topological polar surface area (TPSA) is 97.5 Å². The summed E-state index contributed by atoms with van der Waals surface area (Å²) in [6.45, 7) is 4.94. The molecule has 2 aromatic rings. The SMILES string of the molecule is CC(=O)N[C@@H]1c2cc3nonc3cc2OC(C)(C)[C@H]1O. The minimum atomic E-state index is -0.879. The van der Waals surface area contributed by atoms with Crippen LogP contribution in [0.2, 0.25) is 0 Å². The van der Waals surface area contributed by atoms with Gasteiger partial charge in [-0.05, 0) is 30.2 Å². The van der Waals surface area contributed by atoms with Crippen molar-refractivity contribution in [2.45, 2.75) is 38.5 Å². The molecule has 7 nitrogen and oxygen atoms in total. The summed E-state index contributed by atoms with van der Waals surface area (Å²) in [5.74, 6) is 0.332. The van der Waals surface area contributed by atoms with Crippen molar-refractivity contribution in [2.24, 2.45) is 0 Å². The number of hydrogen-bond donors (Lipinski definition) is 2. The fourth-order valence-corrected chi connectivity index (χ4v) is 2.45. The molecule has 0 aliphatic carbocycles. The van der Waals surface area contributed by atoms with Crippen LogP contribution in [0.3, 0.4) is 0 Å². The lowest BCUT2D eigenvalue weighted by atomic mass is 9.86. The molecule has 1 aromatic carbocycles. The number of amides is 1. The molecule has 0 bridgehead atoms. The van der Waals surface area contributed by atoms with E-state index in [1.807, 2.05) is 0 Å². The summed E-state index contributed by atoms with van der Waals surface area (Å²) in [6.07, 6.45) is -0.879. The molecule has 0 radical (unpaired) electrons. The van der Waals surface area contributed by atoms with E-state index in [-0.39, 0.29) is 5.91 Å². The van der Waals surface area contributed by atoms with Crippen molar-refractivity contribution in [3.05, 3.63) is 17.7 Å². The Morgan fingerprint density at radius 2 is 2.00 bits per heavy atom. The summed E-state index contributed by atoms with van der Waals surface area (Å²) >= 11 is 0. The third-order valence-corrected chi connectivity index (χ3v) is 3.48. The summed E-state index contributed by atoms with van der Waals surface area (Å²) in [5, 5.41) is 20.7. The van der Waals surface area contributed by atoms with E-state index in [0.29, 0.717) is 22.3 Å². The van der Waals surface area contributed by atoms with Gasteiger partial charge in [0.15, 0.2) is 0 Å². The first-order valence-corrected chi connectivity index (χ1v) is 6.29. The lowest BCUT2D eigenvalue weighted by molar-refractivity contribution is -0.123. The molecule has 2 heterocycles. The van der Waals surface area contributed by atoms with Gasteiger partial charge in [-0.3, -0.25) is 4.79 Å². The molecule has 1 aromatic heterocycles. The Morgan fingerprint density at radius 3 is 2.65 bits per heavy atom. The molecular weight excluding hydrogens is 262 g/mol. The highest BCUT2D eigenvalue weighted by molar-refractivity contribution is 5.78. The lowest BCUT2D eigenvalue weighted by Crippen LogP contribution is -2.53. The number of fused-ring (bicyclic) bond motifs is 2. The first kappa shape index (κ1) is 12.9. The third kappa shape index (κ3) is 1.90. The van der Waals surface area contributed by atoms with E-state index in [2.05, 4.69) is 20.3 Å². The number of ether oxygens (including phenoxy) is 1.